The van der Waals surface area contributed by atoms with Crippen molar-refractivity contribution in [2.45, 2.75) is 37.0 Å². The summed E-state index contributed by atoms with van der Waals surface area (Å²) in [6, 6.07) is 10.3. The second-order valence-electron chi connectivity index (χ2n) is 6.49. The van der Waals surface area contributed by atoms with Crippen LogP contribution in [0.3, 0.4) is 0 Å². The summed E-state index contributed by atoms with van der Waals surface area (Å²) >= 11 is 2.96. The molecule has 140 valence electrons. The predicted molar refractivity (Wildman–Crippen MR) is 104 cm³/mol. The number of nitrogens with one attached hydrogen (secondary N) is 1. The fourth-order valence-electron chi connectivity index (χ4n) is 2.96. The van der Waals surface area contributed by atoms with Gasteiger partial charge < -0.3 is 9.88 Å². The van der Waals surface area contributed by atoms with Crippen LogP contribution in [0.15, 0.2) is 46.9 Å². The van der Waals surface area contributed by atoms with E-state index in [-0.39, 0.29) is 23.5 Å². The summed E-state index contributed by atoms with van der Waals surface area (Å²) in [6.07, 6.45) is 2.29. The number of carbonyl (C=O) groups excluding carboxylic acids is 1. The average molecular weight is 403 g/mol. The van der Waals surface area contributed by atoms with Crippen LogP contribution in [0.5, 0.6) is 0 Å². The Morgan fingerprint density at radius 3 is 2.78 bits per heavy atom. The lowest BCUT2D eigenvalue weighted by molar-refractivity contribution is -0.119. The molecule has 3 aromatic rings. The minimum Gasteiger partial charge on any atom is -0.344 e. The first-order valence-corrected chi connectivity index (χ1v) is 10.6. The second kappa shape index (κ2) is 7.82. The number of aromatic nitrogens is 3. The number of thioether (sulfide) groups is 1. The van der Waals surface area contributed by atoms with Gasteiger partial charge in [-0.3, -0.25) is 4.79 Å². The van der Waals surface area contributed by atoms with Crippen molar-refractivity contribution in [3.05, 3.63) is 63.9 Å². The molecule has 2 heterocycles. The lowest BCUT2D eigenvalue weighted by Gasteiger charge is -2.18. The Labute approximate surface area is 165 Å². The van der Waals surface area contributed by atoms with E-state index in [2.05, 4.69) is 20.1 Å². The molecule has 0 aliphatic heterocycles. The predicted octanol–water partition coefficient (Wildman–Crippen LogP) is 4.12. The third kappa shape index (κ3) is 4.22. The van der Waals surface area contributed by atoms with Crippen LogP contribution in [0.4, 0.5) is 4.39 Å². The van der Waals surface area contributed by atoms with Crippen molar-refractivity contribution in [2.24, 2.45) is 0 Å². The van der Waals surface area contributed by atoms with Gasteiger partial charge in [-0.05, 0) is 48.9 Å². The summed E-state index contributed by atoms with van der Waals surface area (Å²) in [5.74, 6) is 0.766. The highest BCUT2D eigenvalue weighted by molar-refractivity contribution is 7.99. The first-order chi connectivity index (χ1) is 13.1. The zero-order valence-electron chi connectivity index (χ0n) is 14.8. The standard InChI is InChI=1S/C19H19FN4OS2/c1-12-22-23-19(24(12)15-8-9-15)27-11-17(25)21-18(16-3-2-10-26-16)13-4-6-14(20)7-5-13/h2-7,10,15,18H,8-9,11H2,1H3,(H,21,25)/t18-/m0/s1. The quantitative estimate of drug-likeness (QED) is 0.604. The van der Waals surface area contributed by atoms with E-state index in [4.69, 9.17) is 0 Å². The molecule has 1 fully saturated rings. The van der Waals surface area contributed by atoms with Crippen molar-refractivity contribution in [1.82, 2.24) is 20.1 Å². The second-order valence-corrected chi connectivity index (χ2v) is 8.41. The van der Waals surface area contributed by atoms with Crippen molar-refractivity contribution in [1.29, 1.82) is 0 Å². The molecule has 0 radical (unpaired) electrons. The van der Waals surface area contributed by atoms with E-state index < -0.39 is 0 Å². The van der Waals surface area contributed by atoms with E-state index in [1.54, 1.807) is 23.5 Å². The van der Waals surface area contributed by atoms with Crippen LogP contribution in [0, 0.1) is 12.7 Å². The molecule has 1 aromatic carbocycles. The van der Waals surface area contributed by atoms with Crippen molar-refractivity contribution in [3.63, 3.8) is 0 Å². The number of carbonyl (C=O) groups is 1. The summed E-state index contributed by atoms with van der Waals surface area (Å²) in [7, 11) is 0. The molecule has 5 nitrogen and oxygen atoms in total. The van der Waals surface area contributed by atoms with Gasteiger partial charge in [0, 0.05) is 10.9 Å². The van der Waals surface area contributed by atoms with Gasteiger partial charge in [-0.15, -0.1) is 21.5 Å². The Kier molecular flexibility index (Phi) is 5.27. The van der Waals surface area contributed by atoms with Crippen LogP contribution in [0.25, 0.3) is 0 Å². The lowest BCUT2D eigenvalue weighted by atomic mass is 10.1. The smallest absolute Gasteiger partial charge is 0.231 e. The monoisotopic (exact) mass is 402 g/mol. The first kappa shape index (κ1) is 18.2. The molecule has 27 heavy (non-hydrogen) atoms. The molecule has 0 spiro atoms. The highest BCUT2D eigenvalue weighted by atomic mass is 32.2. The van der Waals surface area contributed by atoms with E-state index >= 15 is 0 Å². The van der Waals surface area contributed by atoms with E-state index in [0.717, 1.165) is 34.3 Å². The molecule has 1 aliphatic carbocycles. The van der Waals surface area contributed by atoms with Gasteiger partial charge >= 0.3 is 0 Å². The summed E-state index contributed by atoms with van der Waals surface area (Å²) in [5, 5.41) is 14.2. The van der Waals surface area contributed by atoms with Gasteiger partial charge in [0.1, 0.15) is 11.6 Å². The molecule has 0 bridgehead atoms. The number of rotatable bonds is 7. The molecule has 2 aromatic heterocycles. The number of aryl methyl sites for hydroxylation is 1. The van der Waals surface area contributed by atoms with Gasteiger partial charge in [0.25, 0.3) is 0 Å². The van der Waals surface area contributed by atoms with Gasteiger partial charge in [0.2, 0.25) is 5.91 Å². The Bertz CT molecular complexity index is 920. The molecule has 1 aliphatic rings. The minimum absolute atomic E-state index is 0.0919. The maximum atomic E-state index is 13.3. The van der Waals surface area contributed by atoms with E-state index in [9.17, 15) is 9.18 Å². The van der Waals surface area contributed by atoms with Crippen LogP contribution >= 0.6 is 23.1 Å². The largest absolute Gasteiger partial charge is 0.344 e. The number of nitrogens with zero attached hydrogens (tertiary/aromatic N) is 3. The molecule has 0 saturated heterocycles. The fraction of sp³-hybridized carbons (Fsp3) is 0.316. The molecule has 1 N–H and O–H groups in total. The van der Waals surface area contributed by atoms with Gasteiger partial charge in [0.05, 0.1) is 11.8 Å². The third-order valence-electron chi connectivity index (χ3n) is 4.42. The molecule has 1 atom stereocenters. The van der Waals surface area contributed by atoms with E-state index in [0.29, 0.717) is 6.04 Å². The summed E-state index contributed by atoms with van der Waals surface area (Å²) in [5.41, 5.74) is 0.856. The van der Waals surface area contributed by atoms with Crippen LogP contribution in [0.2, 0.25) is 0 Å². The van der Waals surface area contributed by atoms with Crippen molar-refractivity contribution >= 4 is 29.0 Å². The normalized spacial score (nSPS) is 14.9. The van der Waals surface area contributed by atoms with Crippen LogP contribution in [-0.4, -0.2) is 26.4 Å². The number of amides is 1. The van der Waals surface area contributed by atoms with Crippen LogP contribution in [0.1, 0.15) is 41.2 Å². The van der Waals surface area contributed by atoms with Crippen LogP contribution in [-0.2, 0) is 4.79 Å². The summed E-state index contributed by atoms with van der Waals surface area (Å²) in [4.78, 5) is 13.6. The number of hydrogen-bond donors (Lipinski definition) is 1. The van der Waals surface area contributed by atoms with Crippen LogP contribution < -0.4 is 5.32 Å². The highest BCUT2D eigenvalue weighted by Crippen LogP contribution is 2.38. The average Bonchev–Trinajstić information content (AvgIpc) is 3.21. The maximum absolute atomic E-state index is 13.3. The van der Waals surface area contributed by atoms with E-state index in [1.807, 2.05) is 24.4 Å². The molecule has 1 amide bonds. The number of benzene rings is 1. The number of hydrogen-bond acceptors (Lipinski definition) is 5. The Hall–Kier alpha value is -2.19. The molecule has 8 heteroatoms. The minimum atomic E-state index is -0.291. The number of halogens is 1. The van der Waals surface area contributed by atoms with Crippen molar-refractivity contribution < 1.29 is 9.18 Å². The van der Waals surface area contributed by atoms with Gasteiger partial charge in [-0.25, -0.2) is 4.39 Å². The van der Waals surface area contributed by atoms with Gasteiger partial charge in [-0.1, -0.05) is 30.0 Å². The molecular formula is C19H19FN4OS2. The third-order valence-corrected chi connectivity index (χ3v) is 6.30. The van der Waals surface area contributed by atoms with Gasteiger partial charge in [-0.2, -0.15) is 0 Å². The zero-order valence-corrected chi connectivity index (χ0v) is 16.4. The summed E-state index contributed by atoms with van der Waals surface area (Å²) < 4.78 is 15.4. The Morgan fingerprint density at radius 1 is 1.33 bits per heavy atom. The molecule has 4 rings (SSSR count). The van der Waals surface area contributed by atoms with Crippen molar-refractivity contribution in [2.75, 3.05) is 5.75 Å². The Balaban J connectivity index is 1.45. The maximum Gasteiger partial charge on any atom is 0.231 e. The summed E-state index contributed by atoms with van der Waals surface area (Å²) in [6.45, 7) is 1.94. The highest BCUT2D eigenvalue weighted by Gasteiger charge is 2.28. The zero-order chi connectivity index (χ0) is 18.8. The number of thiophene rings is 1. The first-order valence-electron chi connectivity index (χ1n) is 8.74. The topological polar surface area (TPSA) is 59.8 Å². The van der Waals surface area contributed by atoms with Gasteiger partial charge in [0.15, 0.2) is 5.16 Å². The fourth-order valence-corrected chi connectivity index (χ4v) is 4.63. The van der Waals surface area contributed by atoms with E-state index in [1.165, 1.54) is 23.9 Å². The molecular weight excluding hydrogens is 383 g/mol. The SMILES string of the molecule is Cc1nnc(SCC(=O)N[C@@H](c2ccc(F)cc2)c2cccs2)n1C1CC1. The molecule has 0 unspecified atom stereocenters. The Morgan fingerprint density at radius 2 is 2.11 bits per heavy atom. The lowest BCUT2D eigenvalue weighted by Crippen LogP contribution is -2.30. The molecule has 1 saturated carbocycles. The van der Waals surface area contributed by atoms with Crippen molar-refractivity contribution in [3.8, 4) is 0 Å².